The Morgan fingerprint density at radius 3 is 2.95 bits per heavy atom. The van der Waals surface area contributed by atoms with Gasteiger partial charge < -0.3 is 9.73 Å². The van der Waals surface area contributed by atoms with E-state index in [1.807, 2.05) is 0 Å². The van der Waals surface area contributed by atoms with E-state index in [0.29, 0.717) is 31.4 Å². The molecule has 2 aliphatic rings. The number of sulfonamides is 1. The van der Waals surface area contributed by atoms with E-state index < -0.39 is 10.0 Å². The standard InChI is InChI=1S/C14H23N3O3S/c1-15-10-13-5-6-14(20-13)21(18,19)17-9-8-16-7-3-2-4-12(16)11-17/h5-6,12,15H,2-4,7-11H2,1H3. The largest absolute Gasteiger partial charge is 0.447 e. The third-order valence-corrected chi connectivity index (χ3v) is 6.12. The lowest BCUT2D eigenvalue weighted by molar-refractivity contribution is 0.0844. The van der Waals surface area contributed by atoms with Gasteiger partial charge in [0.05, 0.1) is 6.54 Å². The molecule has 2 saturated heterocycles. The van der Waals surface area contributed by atoms with Crippen molar-refractivity contribution in [3.8, 4) is 0 Å². The molecule has 21 heavy (non-hydrogen) atoms. The van der Waals surface area contributed by atoms with Gasteiger partial charge in [0.15, 0.2) is 0 Å². The van der Waals surface area contributed by atoms with Crippen LogP contribution in [0.15, 0.2) is 21.6 Å². The molecule has 3 heterocycles. The van der Waals surface area contributed by atoms with Gasteiger partial charge >= 0.3 is 0 Å². The highest BCUT2D eigenvalue weighted by Gasteiger charge is 2.36. The third kappa shape index (κ3) is 3.01. The first-order valence-electron chi connectivity index (χ1n) is 7.59. The lowest BCUT2D eigenvalue weighted by Gasteiger charge is -2.43. The van der Waals surface area contributed by atoms with Crippen LogP contribution in [0.5, 0.6) is 0 Å². The van der Waals surface area contributed by atoms with Crippen LogP contribution in [-0.4, -0.2) is 56.9 Å². The van der Waals surface area contributed by atoms with E-state index in [9.17, 15) is 8.42 Å². The molecule has 0 spiro atoms. The molecule has 0 aliphatic carbocycles. The van der Waals surface area contributed by atoms with Crippen molar-refractivity contribution in [2.75, 3.05) is 33.2 Å². The lowest BCUT2D eigenvalue weighted by atomic mass is 10.0. The number of nitrogens with one attached hydrogen (secondary N) is 1. The zero-order chi connectivity index (χ0) is 14.9. The Morgan fingerprint density at radius 1 is 1.29 bits per heavy atom. The lowest BCUT2D eigenvalue weighted by Crippen LogP contribution is -2.56. The van der Waals surface area contributed by atoms with Crippen molar-refractivity contribution in [3.63, 3.8) is 0 Å². The Labute approximate surface area is 126 Å². The van der Waals surface area contributed by atoms with E-state index in [-0.39, 0.29) is 5.09 Å². The summed E-state index contributed by atoms with van der Waals surface area (Å²) < 4.78 is 32.4. The van der Waals surface area contributed by atoms with E-state index in [2.05, 4.69) is 10.2 Å². The number of piperidine rings is 1. The van der Waals surface area contributed by atoms with E-state index in [1.54, 1.807) is 23.5 Å². The molecule has 1 atom stereocenters. The molecule has 0 bridgehead atoms. The highest BCUT2D eigenvalue weighted by Crippen LogP contribution is 2.26. The fraction of sp³-hybridized carbons (Fsp3) is 0.714. The van der Waals surface area contributed by atoms with Gasteiger partial charge in [-0.2, -0.15) is 4.31 Å². The summed E-state index contributed by atoms with van der Waals surface area (Å²) in [6, 6.07) is 3.66. The minimum absolute atomic E-state index is 0.0667. The number of piperazine rings is 1. The van der Waals surface area contributed by atoms with Crippen molar-refractivity contribution in [2.24, 2.45) is 0 Å². The zero-order valence-electron chi connectivity index (χ0n) is 12.4. The highest BCUT2D eigenvalue weighted by molar-refractivity contribution is 7.89. The van der Waals surface area contributed by atoms with Crippen LogP contribution in [0.3, 0.4) is 0 Å². The molecular formula is C14H23N3O3S. The second kappa shape index (κ2) is 6.08. The summed E-state index contributed by atoms with van der Waals surface area (Å²) in [4.78, 5) is 2.42. The maximum atomic E-state index is 12.7. The molecule has 0 radical (unpaired) electrons. The van der Waals surface area contributed by atoms with Crippen molar-refractivity contribution in [1.82, 2.24) is 14.5 Å². The quantitative estimate of drug-likeness (QED) is 0.893. The van der Waals surface area contributed by atoms with Gasteiger partial charge in [-0.1, -0.05) is 6.42 Å². The van der Waals surface area contributed by atoms with Crippen LogP contribution in [-0.2, 0) is 16.6 Å². The minimum Gasteiger partial charge on any atom is -0.447 e. The van der Waals surface area contributed by atoms with Crippen molar-refractivity contribution in [3.05, 3.63) is 17.9 Å². The molecule has 2 aliphatic heterocycles. The average molecular weight is 313 g/mol. The van der Waals surface area contributed by atoms with Crippen molar-refractivity contribution < 1.29 is 12.8 Å². The van der Waals surface area contributed by atoms with Gasteiger partial charge in [-0.15, -0.1) is 0 Å². The van der Waals surface area contributed by atoms with Crippen LogP contribution in [0.1, 0.15) is 25.0 Å². The Hall–Kier alpha value is -0.890. The number of fused-ring (bicyclic) bond motifs is 1. The Morgan fingerprint density at radius 2 is 2.14 bits per heavy atom. The summed E-state index contributed by atoms with van der Waals surface area (Å²) in [5, 5.41) is 3.02. The first-order chi connectivity index (χ1) is 10.1. The van der Waals surface area contributed by atoms with Gasteiger partial charge in [0, 0.05) is 25.7 Å². The second-order valence-electron chi connectivity index (χ2n) is 5.80. The van der Waals surface area contributed by atoms with Crippen LogP contribution in [0.25, 0.3) is 0 Å². The maximum absolute atomic E-state index is 12.7. The fourth-order valence-corrected chi connectivity index (χ4v) is 4.64. The van der Waals surface area contributed by atoms with Crippen molar-refractivity contribution in [1.29, 1.82) is 0 Å². The predicted molar refractivity (Wildman–Crippen MR) is 79.4 cm³/mol. The molecule has 0 aromatic carbocycles. The van der Waals surface area contributed by atoms with Crippen molar-refractivity contribution >= 4 is 10.0 Å². The number of hydrogen-bond acceptors (Lipinski definition) is 5. The minimum atomic E-state index is -3.50. The average Bonchev–Trinajstić information content (AvgIpc) is 2.96. The molecule has 0 amide bonds. The first kappa shape index (κ1) is 15.0. The molecule has 1 unspecified atom stereocenters. The molecule has 2 fully saturated rings. The summed E-state index contributed by atoms with van der Waals surface area (Å²) in [5.74, 6) is 0.646. The van der Waals surface area contributed by atoms with Crippen LogP contribution >= 0.6 is 0 Å². The topological polar surface area (TPSA) is 65.8 Å². The molecule has 1 aromatic rings. The molecule has 7 heteroatoms. The van der Waals surface area contributed by atoms with Crippen LogP contribution in [0.4, 0.5) is 0 Å². The normalized spacial score (nSPS) is 24.9. The molecule has 3 rings (SSSR count). The summed E-state index contributed by atoms with van der Waals surface area (Å²) in [7, 11) is -1.69. The summed E-state index contributed by atoms with van der Waals surface area (Å²) in [5.41, 5.74) is 0. The summed E-state index contributed by atoms with van der Waals surface area (Å²) in [6.07, 6.45) is 3.52. The zero-order valence-corrected chi connectivity index (χ0v) is 13.2. The number of nitrogens with zero attached hydrogens (tertiary/aromatic N) is 2. The Balaban J connectivity index is 1.75. The monoisotopic (exact) mass is 313 g/mol. The van der Waals surface area contributed by atoms with E-state index >= 15 is 0 Å². The molecule has 1 N–H and O–H groups in total. The first-order valence-corrected chi connectivity index (χ1v) is 9.03. The van der Waals surface area contributed by atoms with E-state index in [1.165, 1.54) is 12.8 Å². The highest BCUT2D eigenvalue weighted by atomic mass is 32.2. The Kier molecular flexibility index (Phi) is 4.35. The molecule has 1 aromatic heterocycles. The van der Waals surface area contributed by atoms with Crippen molar-refractivity contribution in [2.45, 2.75) is 36.9 Å². The van der Waals surface area contributed by atoms with Gasteiger partial charge in [-0.05, 0) is 38.6 Å². The van der Waals surface area contributed by atoms with Gasteiger partial charge in [0.1, 0.15) is 5.76 Å². The molecule has 0 saturated carbocycles. The van der Waals surface area contributed by atoms with Crippen LogP contribution < -0.4 is 5.32 Å². The maximum Gasteiger partial charge on any atom is 0.276 e. The van der Waals surface area contributed by atoms with Gasteiger partial charge in [0.2, 0.25) is 5.09 Å². The summed E-state index contributed by atoms with van der Waals surface area (Å²) in [6.45, 7) is 3.61. The molecular weight excluding hydrogens is 290 g/mol. The number of furan rings is 1. The second-order valence-corrected chi connectivity index (χ2v) is 7.67. The van der Waals surface area contributed by atoms with E-state index in [4.69, 9.17) is 4.42 Å². The molecule has 6 nitrogen and oxygen atoms in total. The smallest absolute Gasteiger partial charge is 0.276 e. The van der Waals surface area contributed by atoms with E-state index in [0.717, 1.165) is 19.5 Å². The SMILES string of the molecule is CNCc1ccc(S(=O)(=O)N2CCN3CCCCC3C2)o1. The van der Waals surface area contributed by atoms with Crippen LogP contribution in [0, 0.1) is 0 Å². The Bertz CT molecular complexity index is 584. The van der Waals surface area contributed by atoms with Gasteiger partial charge in [-0.3, -0.25) is 4.90 Å². The molecule has 118 valence electrons. The number of hydrogen-bond donors (Lipinski definition) is 1. The third-order valence-electron chi connectivity index (χ3n) is 4.38. The fourth-order valence-electron chi connectivity index (χ4n) is 3.24. The van der Waals surface area contributed by atoms with Gasteiger partial charge in [-0.25, -0.2) is 8.42 Å². The summed E-state index contributed by atoms with van der Waals surface area (Å²) >= 11 is 0. The predicted octanol–water partition coefficient (Wildman–Crippen LogP) is 0.858. The number of rotatable bonds is 4. The van der Waals surface area contributed by atoms with Gasteiger partial charge in [0.25, 0.3) is 10.0 Å². The van der Waals surface area contributed by atoms with Crippen LogP contribution in [0.2, 0.25) is 0 Å².